The first-order valence-corrected chi connectivity index (χ1v) is 10.3. The zero-order valence-corrected chi connectivity index (χ0v) is 16.8. The van der Waals surface area contributed by atoms with Gasteiger partial charge in [0.05, 0.1) is 16.0 Å². The molecule has 0 saturated heterocycles. The van der Waals surface area contributed by atoms with Crippen molar-refractivity contribution in [3.05, 3.63) is 82.5 Å². The number of benzene rings is 2. The molecule has 0 fully saturated rings. The zero-order valence-electron chi connectivity index (χ0n) is 14.4. The molecule has 0 atom stereocenters. The minimum Gasteiger partial charge on any atom is -0.322 e. The van der Waals surface area contributed by atoms with Gasteiger partial charge in [0, 0.05) is 16.4 Å². The van der Waals surface area contributed by atoms with E-state index in [2.05, 4.69) is 26.2 Å². The van der Waals surface area contributed by atoms with Gasteiger partial charge in [-0.15, -0.1) is 0 Å². The van der Waals surface area contributed by atoms with Crippen LogP contribution in [0.25, 0.3) is 0 Å². The highest BCUT2D eigenvalue weighted by Gasteiger charge is 2.30. The monoisotopic (exact) mass is 484 g/mol. The second-order valence-corrected chi connectivity index (χ2v) is 8.69. The molecule has 0 aliphatic heterocycles. The number of sulfone groups is 1. The van der Waals surface area contributed by atoms with E-state index in [0.29, 0.717) is 4.47 Å². The van der Waals surface area contributed by atoms with Crippen molar-refractivity contribution in [3.8, 4) is 0 Å². The van der Waals surface area contributed by atoms with Crippen LogP contribution in [-0.4, -0.2) is 19.3 Å². The van der Waals surface area contributed by atoms with Gasteiger partial charge in [-0.05, 0) is 54.6 Å². The normalized spacial score (nSPS) is 11.9. The quantitative estimate of drug-likeness (QED) is 0.568. The standard InChI is InChI=1S/C19H12BrF3N2O3S/c20-14-5-7-16(8-6-14)29(27,28)17-9-4-12(11-24-17)18(26)25-15-3-1-2-13(10-15)19(21,22)23/h1-11H,(H,25,26). The molecule has 1 aromatic heterocycles. The van der Waals surface area contributed by atoms with E-state index in [1.807, 2.05) is 0 Å². The maximum Gasteiger partial charge on any atom is 0.416 e. The summed E-state index contributed by atoms with van der Waals surface area (Å²) in [7, 11) is -3.87. The third-order valence-electron chi connectivity index (χ3n) is 3.85. The Labute approximate surface area is 172 Å². The summed E-state index contributed by atoms with van der Waals surface area (Å²) in [5.41, 5.74) is -0.946. The molecule has 0 aliphatic carbocycles. The molecule has 1 amide bonds. The molecular formula is C19H12BrF3N2O3S. The van der Waals surface area contributed by atoms with Gasteiger partial charge in [0.15, 0.2) is 5.03 Å². The van der Waals surface area contributed by atoms with Crippen LogP contribution < -0.4 is 5.32 Å². The Bertz CT molecular complexity index is 1150. The summed E-state index contributed by atoms with van der Waals surface area (Å²) in [5, 5.41) is 2.08. The number of alkyl halides is 3. The van der Waals surface area contributed by atoms with Gasteiger partial charge in [-0.25, -0.2) is 13.4 Å². The third kappa shape index (κ3) is 4.83. The van der Waals surface area contributed by atoms with E-state index in [4.69, 9.17) is 0 Å². The number of amides is 1. The average Bonchev–Trinajstić information content (AvgIpc) is 2.68. The van der Waals surface area contributed by atoms with E-state index >= 15 is 0 Å². The Hall–Kier alpha value is -2.72. The number of hydrogen-bond donors (Lipinski definition) is 1. The number of nitrogens with zero attached hydrogens (tertiary/aromatic N) is 1. The summed E-state index contributed by atoms with van der Waals surface area (Å²) in [4.78, 5) is 16.1. The molecule has 0 radical (unpaired) electrons. The summed E-state index contributed by atoms with van der Waals surface area (Å²) in [6.45, 7) is 0. The predicted molar refractivity (Wildman–Crippen MR) is 103 cm³/mol. The number of pyridine rings is 1. The fourth-order valence-corrected chi connectivity index (χ4v) is 3.82. The van der Waals surface area contributed by atoms with Gasteiger partial charge in [-0.1, -0.05) is 22.0 Å². The molecule has 0 spiro atoms. The Morgan fingerprint density at radius 1 is 1.00 bits per heavy atom. The minimum atomic E-state index is -4.54. The van der Waals surface area contributed by atoms with Crippen LogP contribution in [0.4, 0.5) is 18.9 Å². The van der Waals surface area contributed by atoms with Crippen molar-refractivity contribution in [2.24, 2.45) is 0 Å². The number of halogens is 4. The van der Waals surface area contributed by atoms with E-state index in [0.717, 1.165) is 18.3 Å². The van der Waals surface area contributed by atoms with Crippen molar-refractivity contribution >= 4 is 37.4 Å². The van der Waals surface area contributed by atoms with Gasteiger partial charge in [0.25, 0.3) is 5.91 Å². The molecule has 150 valence electrons. The summed E-state index contributed by atoms with van der Waals surface area (Å²) in [6, 6.07) is 12.5. The lowest BCUT2D eigenvalue weighted by Gasteiger charge is -2.10. The molecule has 0 aliphatic rings. The second kappa shape index (κ2) is 7.96. The summed E-state index contributed by atoms with van der Waals surface area (Å²) >= 11 is 3.22. The Morgan fingerprint density at radius 2 is 1.69 bits per heavy atom. The SMILES string of the molecule is O=C(Nc1cccc(C(F)(F)F)c1)c1ccc(S(=O)(=O)c2ccc(Br)cc2)nc1. The summed E-state index contributed by atoms with van der Waals surface area (Å²) in [5.74, 6) is -0.718. The lowest BCUT2D eigenvalue weighted by molar-refractivity contribution is -0.137. The molecule has 5 nitrogen and oxygen atoms in total. The van der Waals surface area contributed by atoms with Crippen molar-refractivity contribution in [2.45, 2.75) is 16.1 Å². The van der Waals surface area contributed by atoms with Crippen molar-refractivity contribution < 1.29 is 26.4 Å². The van der Waals surface area contributed by atoms with Crippen molar-refractivity contribution in [2.75, 3.05) is 5.32 Å². The van der Waals surface area contributed by atoms with E-state index in [9.17, 15) is 26.4 Å². The smallest absolute Gasteiger partial charge is 0.322 e. The van der Waals surface area contributed by atoms with Crippen molar-refractivity contribution in [1.29, 1.82) is 0 Å². The molecule has 3 rings (SSSR count). The van der Waals surface area contributed by atoms with Crippen LogP contribution >= 0.6 is 15.9 Å². The molecule has 2 aromatic carbocycles. The lowest BCUT2D eigenvalue weighted by atomic mass is 10.2. The average molecular weight is 485 g/mol. The van der Waals surface area contributed by atoms with Gasteiger partial charge in [0.1, 0.15) is 0 Å². The largest absolute Gasteiger partial charge is 0.416 e. The Balaban J connectivity index is 1.80. The number of carbonyl (C=O) groups is 1. The molecule has 0 bridgehead atoms. The molecule has 0 saturated carbocycles. The van der Waals surface area contributed by atoms with Crippen LogP contribution in [-0.2, 0) is 16.0 Å². The van der Waals surface area contributed by atoms with Gasteiger partial charge in [-0.3, -0.25) is 4.79 Å². The van der Waals surface area contributed by atoms with E-state index in [1.54, 1.807) is 12.1 Å². The molecule has 0 unspecified atom stereocenters. The first-order valence-electron chi connectivity index (χ1n) is 8.03. The lowest BCUT2D eigenvalue weighted by Crippen LogP contribution is -2.14. The zero-order chi connectivity index (χ0) is 21.2. The van der Waals surface area contributed by atoms with Crippen LogP contribution in [0.5, 0.6) is 0 Å². The molecule has 1 heterocycles. The summed E-state index contributed by atoms with van der Waals surface area (Å²) < 4.78 is 64.1. The minimum absolute atomic E-state index is 0.00262. The first-order chi connectivity index (χ1) is 13.6. The highest BCUT2D eigenvalue weighted by atomic mass is 79.9. The van der Waals surface area contributed by atoms with Gasteiger partial charge in [0.2, 0.25) is 9.84 Å². The number of aromatic nitrogens is 1. The van der Waals surface area contributed by atoms with Crippen molar-refractivity contribution in [3.63, 3.8) is 0 Å². The third-order valence-corrected chi connectivity index (χ3v) is 6.06. The number of rotatable bonds is 4. The maximum absolute atomic E-state index is 12.8. The first kappa shape index (κ1) is 21.0. The number of carbonyl (C=O) groups excluding carboxylic acids is 1. The summed E-state index contributed by atoms with van der Waals surface area (Å²) in [6.07, 6.45) is -3.49. The number of nitrogens with one attached hydrogen (secondary N) is 1. The molecule has 10 heteroatoms. The van der Waals surface area contributed by atoms with Crippen LogP contribution in [0.2, 0.25) is 0 Å². The van der Waals surface area contributed by atoms with Crippen LogP contribution in [0.1, 0.15) is 15.9 Å². The highest BCUT2D eigenvalue weighted by Crippen LogP contribution is 2.30. The molecular weight excluding hydrogens is 473 g/mol. The predicted octanol–water partition coefficient (Wildman–Crippen LogP) is 4.95. The van der Waals surface area contributed by atoms with E-state index < -0.39 is 27.5 Å². The number of anilines is 1. The van der Waals surface area contributed by atoms with Gasteiger partial charge >= 0.3 is 6.18 Å². The Kier molecular flexibility index (Phi) is 5.76. The van der Waals surface area contributed by atoms with E-state index in [1.165, 1.54) is 36.4 Å². The fraction of sp³-hybridized carbons (Fsp3) is 0.0526. The molecule has 1 N–H and O–H groups in total. The van der Waals surface area contributed by atoms with Crippen LogP contribution in [0.3, 0.4) is 0 Å². The van der Waals surface area contributed by atoms with E-state index in [-0.39, 0.29) is 21.2 Å². The Morgan fingerprint density at radius 3 is 2.28 bits per heavy atom. The van der Waals surface area contributed by atoms with Crippen LogP contribution in [0.15, 0.2) is 81.3 Å². The fourth-order valence-electron chi connectivity index (χ4n) is 2.38. The molecule has 29 heavy (non-hydrogen) atoms. The second-order valence-electron chi connectivity index (χ2n) is 5.88. The maximum atomic E-state index is 12.8. The van der Waals surface area contributed by atoms with Gasteiger partial charge < -0.3 is 5.32 Å². The molecule has 3 aromatic rings. The number of hydrogen-bond acceptors (Lipinski definition) is 4. The van der Waals surface area contributed by atoms with Crippen LogP contribution in [0, 0.1) is 0 Å². The van der Waals surface area contributed by atoms with Gasteiger partial charge in [-0.2, -0.15) is 13.2 Å². The topological polar surface area (TPSA) is 76.1 Å². The van der Waals surface area contributed by atoms with Crippen molar-refractivity contribution in [1.82, 2.24) is 4.98 Å². The highest BCUT2D eigenvalue weighted by molar-refractivity contribution is 9.10.